The fraction of sp³-hybridized carbons (Fsp3) is 0.368. The molecule has 132 valence electrons. The second-order valence-corrected chi connectivity index (χ2v) is 6.33. The molecule has 0 bridgehead atoms. The lowest BCUT2D eigenvalue weighted by Gasteiger charge is -2.28. The zero-order valence-electron chi connectivity index (χ0n) is 14.6. The highest BCUT2D eigenvalue weighted by molar-refractivity contribution is 5.65. The van der Waals surface area contributed by atoms with Crippen LogP contribution in [0.5, 0.6) is 0 Å². The van der Waals surface area contributed by atoms with Crippen LogP contribution in [-0.2, 0) is 11.3 Å². The molecule has 1 fully saturated rings. The first kappa shape index (κ1) is 17.2. The van der Waals surface area contributed by atoms with Crippen LogP contribution in [0, 0.1) is 24.0 Å². The van der Waals surface area contributed by atoms with Crippen LogP contribution in [0.25, 0.3) is 0 Å². The molecule has 0 amide bonds. The number of nitrogens with zero attached hydrogens (tertiary/aromatic N) is 2. The van der Waals surface area contributed by atoms with E-state index in [0.717, 1.165) is 11.3 Å². The van der Waals surface area contributed by atoms with Gasteiger partial charge in [0.25, 0.3) is 5.69 Å². The molecule has 0 unspecified atom stereocenters. The molecule has 0 aromatic heterocycles. The Morgan fingerprint density at radius 1 is 1.12 bits per heavy atom. The van der Waals surface area contributed by atoms with Crippen molar-refractivity contribution in [1.82, 2.24) is 0 Å². The van der Waals surface area contributed by atoms with E-state index in [-0.39, 0.29) is 10.6 Å². The van der Waals surface area contributed by atoms with Crippen molar-refractivity contribution in [2.45, 2.75) is 20.4 Å². The molecule has 6 nitrogen and oxygen atoms in total. The van der Waals surface area contributed by atoms with Crippen LogP contribution in [0.3, 0.4) is 0 Å². The summed E-state index contributed by atoms with van der Waals surface area (Å²) in [5.41, 5.74) is 5.20. The lowest BCUT2D eigenvalue weighted by Crippen LogP contribution is -2.36. The molecular weight excluding hydrogens is 318 g/mol. The second kappa shape index (κ2) is 7.53. The molecule has 1 aliphatic rings. The van der Waals surface area contributed by atoms with Crippen molar-refractivity contribution >= 4 is 17.1 Å². The Kier molecular flexibility index (Phi) is 5.19. The maximum absolute atomic E-state index is 11.5. The van der Waals surface area contributed by atoms with Crippen LogP contribution < -0.4 is 10.2 Å². The molecule has 1 aliphatic heterocycles. The number of hydrogen-bond acceptors (Lipinski definition) is 5. The van der Waals surface area contributed by atoms with Crippen molar-refractivity contribution in [3.05, 3.63) is 63.2 Å². The highest BCUT2D eigenvalue weighted by atomic mass is 16.6. The van der Waals surface area contributed by atoms with E-state index in [1.165, 1.54) is 11.1 Å². The third kappa shape index (κ3) is 4.09. The molecule has 1 N–H and O–H groups in total. The third-order valence-corrected chi connectivity index (χ3v) is 4.59. The Balaban J connectivity index is 1.76. The van der Waals surface area contributed by atoms with Gasteiger partial charge in [-0.3, -0.25) is 10.1 Å². The molecule has 0 aliphatic carbocycles. The third-order valence-electron chi connectivity index (χ3n) is 4.59. The maximum atomic E-state index is 11.5. The summed E-state index contributed by atoms with van der Waals surface area (Å²) in [7, 11) is 0. The molecule has 0 atom stereocenters. The van der Waals surface area contributed by atoms with Gasteiger partial charge in [0.05, 0.1) is 18.1 Å². The predicted molar refractivity (Wildman–Crippen MR) is 99.4 cm³/mol. The molecule has 0 spiro atoms. The maximum Gasteiger partial charge on any atom is 0.292 e. The van der Waals surface area contributed by atoms with Crippen molar-refractivity contribution < 1.29 is 9.66 Å². The SMILES string of the molecule is Cc1ccc(NCc2ccc(N3CCOCC3)c([N+](=O)[O-])c2)cc1C. The fourth-order valence-electron chi connectivity index (χ4n) is 2.95. The van der Waals surface area contributed by atoms with Gasteiger partial charge in [-0.05, 0) is 48.7 Å². The summed E-state index contributed by atoms with van der Waals surface area (Å²) in [4.78, 5) is 13.2. The lowest BCUT2D eigenvalue weighted by molar-refractivity contribution is -0.384. The molecule has 1 saturated heterocycles. The molecule has 0 saturated carbocycles. The van der Waals surface area contributed by atoms with Crippen LogP contribution in [-0.4, -0.2) is 31.2 Å². The summed E-state index contributed by atoms with van der Waals surface area (Å²) in [5, 5.41) is 14.8. The van der Waals surface area contributed by atoms with Crippen molar-refractivity contribution in [1.29, 1.82) is 0 Å². The van der Waals surface area contributed by atoms with E-state index in [9.17, 15) is 10.1 Å². The molecule has 2 aromatic carbocycles. The number of benzene rings is 2. The second-order valence-electron chi connectivity index (χ2n) is 6.33. The number of rotatable bonds is 5. The number of nitrogens with one attached hydrogen (secondary N) is 1. The minimum atomic E-state index is -0.301. The van der Waals surface area contributed by atoms with Gasteiger partial charge >= 0.3 is 0 Å². The molecular formula is C19H23N3O3. The number of anilines is 2. The lowest BCUT2D eigenvalue weighted by atomic mass is 10.1. The van der Waals surface area contributed by atoms with E-state index in [0.29, 0.717) is 38.5 Å². The average Bonchev–Trinajstić information content (AvgIpc) is 2.63. The predicted octanol–water partition coefficient (Wildman–Crippen LogP) is 3.66. The van der Waals surface area contributed by atoms with E-state index in [1.54, 1.807) is 6.07 Å². The Bertz CT molecular complexity index is 771. The first-order valence-electron chi connectivity index (χ1n) is 8.46. The molecule has 0 radical (unpaired) electrons. The normalized spacial score (nSPS) is 14.4. The Morgan fingerprint density at radius 2 is 1.88 bits per heavy atom. The molecule has 25 heavy (non-hydrogen) atoms. The smallest absolute Gasteiger partial charge is 0.292 e. The molecule has 3 rings (SSSR count). The van der Waals surface area contributed by atoms with Crippen LogP contribution in [0.1, 0.15) is 16.7 Å². The Labute approximate surface area is 147 Å². The van der Waals surface area contributed by atoms with Crippen LogP contribution in [0.15, 0.2) is 36.4 Å². The summed E-state index contributed by atoms with van der Waals surface area (Å²) < 4.78 is 5.33. The summed E-state index contributed by atoms with van der Waals surface area (Å²) in [6, 6.07) is 11.7. The largest absolute Gasteiger partial charge is 0.381 e. The number of nitro benzene ring substituents is 1. The van der Waals surface area contributed by atoms with Gasteiger partial charge < -0.3 is 15.0 Å². The monoisotopic (exact) mass is 341 g/mol. The zero-order chi connectivity index (χ0) is 17.8. The zero-order valence-corrected chi connectivity index (χ0v) is 14.6. The highest BCUT2D eigenvalue weighted by Gasteiger charge is 2.21. The first-order valence-corrected chi connectivity index (χ1v) is 8.46. The van der Waals surface area contributed by atoms with E-state index in [1.807, 2.05) is 23.1 Å². The number of nitro groups is 1. The Hall–Kier alpha value is -2.60. The average molecular weight is 341 g/mol. The van der Waals surface area contributed by atoms with Gasteiger partial charge in [-0.1, -0.05) is 12.1 Å². The number of morpholine rings is 1. The van der Waals surface area contributed by atoms with E-state index in [2.05, 4.69) is 31.3 Å². The summed E-state index contributed by atoms with van der Waals surface area (Å²) in [5.74, 6) is 0. The van der Waals surface area contributed by atoms with E-state index in [4.69, 9.17) is 4.74 Å². The minimum absolute atomic E-state index is 0.154. The van der Waals surface area contributed by atoms with Gasteiger partial charge in [0.2, 0.25) is 0 Å². The van der Waals surface area contributed by atoms with Crippen molar-refractivity contribution in [3.8, 4) is 0 Å². The molecule has 2 aromatic rings. The quantitative estimate of drug-likeness (QED) is 0.664. The van der Waals surface area contributed by atoms with E-state index < -0.39 is 0 Å². The number of ether oxygens (including phenoxy) is 1. The molecule has 1 heterocycles. The summed E-state index contributed by atoms with van der Waals surface area (Å²) in [6.07, 6.45) is 0. The standard InChI is InChI=1S/C19H23N3O3/c1-14-3-5-17(11-15(14)2)20-13-16-4-6-18(19(12-16)22(23)24)21-7-9-25-10-8-21/h3-6,11-12,20H,7-10,13H2,1-2H3. The summed E-state index contributed by atoms with van der Waals surface area (Å²) in [6.45, 7) is 7.27. The van der Waals surface area contributed by atoms with Gasteiger partial charge in [-0.2, -0.15) is 0 Å². The van der Waals surface area contributed by atoms with Gasteiger partial charge in [0, 0.05) is 31.4 Å². The van der Waals surface area contributed by atoms with Crippen LogP contribution >= 0.6 is 0 Å². The van der Waals surface area contributed by atoms with Crippen LogP contribution in [0.4, 0.5) is 17.1 Å². The van der Waals surface area contributed by atoms with Crippen molar-refractivity contribution in [2.75, 3.05) is 36.5 Å². The Morgan fingerprint density at radius 3 is 2.56 bits per heavy atom. The van der Waals surface area contributed by atoms with Gasteiger partial charge in [0.15, 0.2) is 0 Å². The van der Waals surface area contributed by atoms with Gasteiger partial charge in [-0.15, -0.1) is 0 Å². The summed E-state index contributed by atoms with van der Waals surface area (Å²) >= 11 is 0. The first-order chi connectivity index (χ1) is 12.0. The minimum Gasteiger partial charge on any atom is -0.381 e. The highest BCUT2D eigenvalue weighted by Crippen LogP contribution is 2.30. The van der Waals surface area contributed by atoms with Crippen molar-refractivity contribution in [2.24, 2.45) is 0 Å². The van der Waals surface area contributed by atoms with Gasteiger partial charge in [0.1, 0.15) is 5.69 Å². The van der Waals surface area contributed by atoms with Gasteiger partial charge in [-0.25, -0.2) is 0 Å². The van der Waals surface area contributed by atoms with Crippen LogP contribution in [0.2, 0.25) is 0 Å². The van der Waals surface area contributed by atoms with Crippen molar-refractivity contribution in [3.63, 3.8) is 0 Å². The fourth-order valence-corrected chi connectivity index (χ4v) is 2.95. The number of aryl methyl sites for hydroxylation is 2. The molecule has 6 heteroatoms. The topological polar surface area (TPSA) is 67.6 Å². The number of hydrogen-bond donors (Lipinski definition) is 1. The van der Waals surface area contributed by atoms with E-state index >= 15 is 0 Å².